The third-order valence-corrected chi connectivity index (χ3v) is 14.3. The van der Waals surface area contributed by atoms with Gasteiger partial charge in [-0.3, -0.25) is 4.79 Å². The molecule has 1 amide bonds. The van der Waals surface area contributed by atoms with Gasteiger partial charge >= 0.3 is 0 Å². The molecule has 0 radical (unpaired) electrons. The highest BCUT2D eigenvalue weighted by Crippen LogP contribution is 2.35. The molecule has 5 unspecified atom stereocenters. The molecule has 0 spiro atoms. The molecule has 1 aliphatic rings. The molecule has 0 aromatic rings. The van der Waals surface area contributed by atoms with Crippen LogP contribution in [0.5, 0.6) is 0 Å². The molecule has 19 heteroatoms. The average Bonchev–Trinajstić information content (AvgIpc) is 2.89. The SMILES string of the molecule is CC(=O)N[C@H]1C(OC(C(C=O)O[Si](C)(C)C)C(O[Si](C)(C)C)C(CO[Si](C)(C)C)O[Si](C)(C)C)O[C@H](CO[Si](C)(C)C)[C@H](O[Si](C)(C)C)[C@@H]1O[Si](C)(C)C. The summed E-state index contributed by atoms with van der Waals surface area (Å²) in [5.41, 5.74) is 0. The Morgan fingerprint density at radius 3 is 1.46 bits per heavy atom. The molecule has 1 N–H and O–H groups in total. The van der Waals surface area contributed by atoms with E-state index in [4.69, 9.17) is 40.5 Å². The van der Waals surface area contributed by atoms with Crippen molar-refractivity contribution in [3.63, 3.8) is 0 Å². The van der Waals surface area contributed by atoms with E-state index < -0.39 is 113 Å². The van der Waals surface area contributed by atoms with E-state index in [1.165, 1.54) is 6.92 Å². The van der Waals surface area contributed by atoms with Gasteiger partial charge in [-0.05, 0) is 137 Å². The Hall–Kier alpha value is 0.298. The molecule has 1 saturated heterocycles. The van der Waals surface area contributed by atoms with Crippen LogP contribution in [0, 0.1) is 0 Å². The van der Waals surface area contributed by atoms with Crippen LogP contribution >= 0.6 is 0 Å². The van der Waals surface area contributed by atoms with E-state index in [2.05, 4.69) is 123 Å². The van der Waals surface area contributed by atoms with Crippen molar-refractivity contribution in [2.24, 2.45) is 0 Å². The highest BCUT2D eigenvalue weighted by molar-refractivity contribution is 6.72. The zero-order valence-electron chi connectivity index (χ0n) is 38.2. The zero-order chi connectivity index (χ0) is 42.5. The Balaban J connectivity index is 4.21. The van der Waals surface area contributed by atoms with Gasteiger partial charge < -0.3 is 50.6 Å². The summed E-state index contributed by atoms with van der Waals surface area (Å²) in [5.74, 6) is -0.273. The molecular formula is C35H81NO11Si7. The largest absolute Gasteiger partial charge is 0.415 e. The summed E-state index contributed by atoms with van der Waals surface area (Å²) in [4.78, 5) is 26.4. The maximum absolute atomic E-state index is 13.3. The number of hydrogen-bond acceptors (Lipinski definition) is 11. The normalized spacial score (nSPS) is 24.8. The van der Waals surface area contributed by atoms with Gasteiger partial charge in [-0.1, -0.05) is 0 Å². The molecule has 12 nitrogen and oxygen atoms in total. The van der Waals surface area contributed by atoms with Crippen molar-refractivity contribution in [2.75, 3.05) is 13.2 Å². The third-order valence-electron chi connectivity index (χ3n) is 7.28. The maximum atomic E-state index is 13.3. The van der Waals surface area contributed by atoms with Crippen LogP contribution in [0.4, 0.5) is 0 Å². The first-order chi connectivity index (χ1) is 23.9. The van der Waals surface area contributed by atoms with Gasteiger partial charge in [-0.15, -0.1) is 0 Å². The van der Waals surface area contributed by atoms with E-state index in [0.29, 0.717) is 0 Å². The molecule has 1 aliphatic heterocycles. The van der Waals surface area contributed by atoms with E-state index >= 15 is 0 Å². The van der Waals surface area contributed by atoms with Crippen molar-refractivity contribution in [1.82, 2.24) is 5.32 Å². The van der Waals surface area contributed by atoms with Crippen molar-refractivity contribution in [3.8, 4) is 0 Å². The minimum atomic E-state index is -2.36. The first kappa shape index (κ1) is 52.3. The van der Waals surface area contributed by atoms with E-state index in [-0.39, 0.29) is 19.1 Å². The Kier molecular flexibility index (Phi) is 19.4. The van der Waals surface area contributed by atoms with E-state index in [1.807, 2.05) is 19.6 Å². The minimum absolute atomic E-state index is 0.247. The molecule has 1 fully saturated rings. The lowest BCUT2D eigenvalue weighted by atomic mass is 9.96. The molecule has 0 aromatic heterocycles. The Morgan fingerprint density at radius 2 is 1.07 bits per heavy atom. The molecule has 0 bridgehead atoms. The molecule has 9 atom stereocenters. The van der Waals surface area contributed by atoms with Gasteiger partial charge in [0.15, 0.2) is 64.5 Å². The van der Waals surface area contributed by atoms with Crippen LogP contribution in [-0.4, -0.2) is 139 Å². The number of nitrogens with one attached hydrogen (secondary N) is 1. The first-order valence-electron chi connectivity index (χ1n) is 19.6. The summed E-state index contributed by atoms with van der Waals surface area (Å²) in [5, 5.41) is 3.14. The van der Waals surface area contributed by atoms with Crippen LogP contribution in [0.2, 0.25) is 137 Å². The van der Waals surface area contributed by atoms with Crippen LogP contribution in [0.15, 0.2) is 0 Å². The maximum Gasteiger partial charge on any atom is 0.217 e. The minimum Gasteiger partial charge on any atom is -0.415 e. The number of amides is 1. The average molecular weight is 889 g/mol. The van der Waals surface area contributed by atoms with Gasteiger partial charge in [0.25, 0.3) is 0 Å². The third kappa shape index (κ3) is 21.9. The number of carbonyl (C=O) groups is 2. The molecule has 0 aromatic carbocycles. The summed E-state index contributed by atoms with van der Waals surface area (Å²) < 4.78 is 61.7. The lowest BCUT2D eigenvalue weighted by molar-refractivity contribution is -0.292. The van der Waals surface area contributed by atoms with Gasteiger partial charge in [0.05, 0.1) is 25.4 Å². The lowest BCUT2D eigenvalue weighted by Gasteiger charge is -2.51. The summed E-state index contributed by atoms with van der Waals surface area (Å²) in [6.07, 6.45) is -5.50. The van der Waals surface area contributed by atoms with E-state index in [9.17, 15) is 9.59 Å². The Labute approximate surface area is 337 Å². The molecule has 0 aliphatic carbocycles. The van der Waals surface area contributed by atoms with E-state index in [1.54, 1.807) is 0 Å². The monoisotopic (exact) mass is 887 g/mol. The molecule has 320 valence electrons. The summed E-state index contributed by atoms with van der Waals surface area (Å²) in [7, 11) is -15.5. The van der Waals surface area contributed by atoms with Crippen molar-refractivity contribution in [3.05, 3.63) is 0 Å². The predicted octanol–water partition coefficient (Wildman–Crippen LogP) is 7.60. The summed E-state index contributed by atoms with van der Waals surface area (Å²) in [6.45, 7) is 46.3. The van der Waals surface area contributed by atoms with Gasteiger partial charge in [0.2, 0.25) is 5.91 Å². The van der Waals surface area contributed by atoms with Crippen LogP contribution in [-0.2, 0) is 50.0 Å². The standard InChI is InChI=1S/C35H81NO11Si7/c1-26(38)36-30-34(47-54(20,21)22)32(45-52(14,15)16)28(24-39-48(2,3)4)41-35(30)42-31(27(23-37)43-50(8,9)10)33(46-53(17,18)19)29(44-51(11,12)13)25-40-49(5,6)7/h23,27-35H,24-25H2,1-22H3,(H,36,38)/t27?,28-,29?,30-,31?,32+,33?,34-,35?/m1/s1. The van der Waals surface area contributed by atoms with Crippen molar-refractivity contribution >= 4 is 70.4 Å². The fourth-order valence-electron chi connectivity index (χ4n) is 5.79. The van der Waals surface area contributed by atoms with Crippen molar-refractivity contribution < 1.29 is 50.0 Å². The van der Waals surface area contributed by atoms with Gasteiger partial charge in [-0.2, -0.15) is 0 Å². The van der Waals surface area contributed by atoms with Crippen molar-refractivity contribution in [1.29, 1.82) is 0 Å². The first-order valence-corrected chi connectivity index (χ1v) is 43.4. The molecule has 54 heavy (non-hydrogen) atoms. The molecule has 1 rings (SSSR count). The van der Waals surface area contributed by atoms with E-state index in [0.717, 1.165) is 6.29 Å². The fourth-order valence-corrected chi connectivity index (χ4v) is 12.5. The Morgan fingerprint density at radius 1 is 0.611 bits per heavy atom. The number of carbonyl (C=O) groups excluding carboxylic acids is 2. The Bertz CT molecular complexity index is 1170. The van der Waals surface area contributed by atoms with Gasteiger partial charge in [-0.25, -0.2) is 0 Å². The quantitative estimate of drug-likeness (QED) is 0.0805. The van der Waals surface area contributed by atoms with Crippen LogP contribution < -0.4 is 5.32 Å². The topological polar surface area (TPSA) is 129 Å². The summed E-state index contributed by atoms with van der Waals surface area (Å²) >= 11 is 0. The van der Waals surface area contributed by atoms with Gasteiger partial charge in [0.1, 0.15) is 42.8 Å². The summed E-state index contributed by atoms with van der Waals surface area (Å²) in [6, 6.07) is -0.803. The molecule has 0 saturated carbocycles. The highest BCUT2D eigenvalue weighted by Gasteiger charge is 2.54. The highest BCUT2D eigenvalue weighted by atomic mass is 28.4. The lowest BCUT2D eigenvalue weighted by Crippen LogP contribution is -2.70. The van der Waals surface area contributed by atoms with Crippen molar-refractivity contribution in [2.45, 2.75) is 199 Å². The smallest absolute Gasteiger partial charge is 0.217 e. The number of hydrogen-bond donors (Lipinski definition) is 1. The second-order valence-corrected chi connectivity index (χ2v) is 52.7. The predicted molar refractivity (Wildman–Crippen MR) is 237 cm³/mol. The number of ether oxygens (including phenoxy) is 2. The second-order valence-electron chi connectivity index (χ2n) is 21.4. The molecule has 1 heterocycles. The second kappa shape index (κ2) is 20.0. The van der Waals surface area contributed by atoms with Crippen LogP contribution in [0.3, 0.4) is 0 Å². The van der Waals surface area contributed by atoms with Gasteiger partial charge in [0, 0.05) is 6.92 Å². The van der Waals surface area contributed by atoms with Crippen LogP contribution in [0.1, 0.15) is 6.92 Å². The fraction of sp³-hybridized carbons (Fsp3) is 0.943. The number of aldehydes is 1. The number of rotatable bonds is 23. The zero-order valence-corrected chi connectivity index (χ0v) is 45.2. The molecular weight excluding hydrogens is 807 g/mol. The van der Waals surface area contributed by atoms with Crippen LogP contribution in [0.25, 0.3) is 0 Å².